The van der Waals surface area contributed by atoms with Crippen molar-refractivity contribution in [3.63, 3.8) is 0 Å². The van der Waals surface area contributed by atoms with Crippen LogP contribution in [0.25, 0.3) is 11.7 Å². The van der Waals surface area contributed by atoms with Gasteiger partial charge in [-0.3, -0.25) is 18.9 Å². The van der Waals surface area contributed by atoms with Crippen molar-refractivity contribution in [2.45, 2.75) is 45.6 Å². The first-order valence-corrected chi connectivity index (χ1v) is 11.1. The number of amides is 1. The second kappa shape index (κ2) is 7.91. The highest BCUT2D eigenvalue weighted by Gasteiger charge is 2.30. The molecule has 1 aliphatic carbocycles. The Hall–Kier alpha value is -2.19. The van der Waals surface area contributed by atoms with Gasteiger partial charge in [0.05, 0.1) is 10.5 Å². The fourth-order valence-electron chi connectivity index (χ4n) is 3.77. The van der Waals surface area contributed by atoms with E-state index < -0.39 is 0 Å². The average molecular weight is 429 g/mol. The van der Waals surface area contributed by atoms with Gasteiger partial charge in [0.1, 0.15) is 15.8 Å². The largest absolute Gasteiger partial charge is 0.367 e. The van der Waals surface area contributed by atoms with Crippen molar-refractivity contribution in [3.05, 3.63) is 44.7 Å². The molecule has 0 aromatic carbocycles. The number of rotatable bonds is 3. The topological polar surface area (TPSA) is 66.7 Å². The fraction of sp³-hybridized carbons (Fsp3) is 0.429. The Balaban J connectivity index is 1.81. The number of hydrogen-bond acceptors (Lipinski definition) is 6. The van der Waals surface area contributed by atoms with Crippen molar-refractivity contribution < 1.29 is 4.79 Å². The maximum Gasteiger partial charge on any atom is 0.267 e. The zero-order valence-electron chi connectivity index (χ0n) is 16.8. The third-order valence-corrected chi connectivity index (χ3v) is 7.11. The number of aryl methyl sites for hydroxylation is 1. The first-order valence-electron chi connectivity index (χ1n) is 9.84. The van der Waals surface area contributed by atoms with Crippen molar-refractivity contribution in [2.24, 2.45) is 5.92 Å². The molecule has 2 aliphatic rings. The molecule has 1 aliphatic heterocycles. The quantitative estimate of drug-likeness (QED) is 0.592. The molecule has 0 spiro atoms. The van der Waals surface area contributed by atoms with Crippen molar-refractivity contribution in [1.82, 2.24) is 14.3 Å². The predicted molar refractivity (Wildman–Crippen MR) is 122 cm³/mol. The van der Waals surface area contributed by atoms with Crippen LogP contribution in [0.1, 0.15) is 43.7 Å². The Morgan fingerprint density at radius 3 is 2.62 bits per heavy atom. The molecule has 2 aromatic heterocycles. The number of carbonyl (C=O) groups is 1. The summed E-state index contributed by atoms with van der Waals surface area (Å²) in [5, 5.41) is 3.49. The lowest BCUT2D eigenvalue weighted by Gasteiger charge is -2.27. The molecule has 1 saturated carbocycles. The number of nitrogens with zero attached hydrogens (tertiary/aromatic N) is 3. The normalized spacial score (nSPS) is 24.0. The molecule has 0 unspecified atom stereocenters. The second-order valence-corrected chi connectivity index (χ2v) is 9.63. The molecule has 2 fully saturated rings. The third kappa shape index (κ3) is 3.96. The van der Waals surface area contributed by atoms with E-state index in [1.807, 2.05) is 19.1 Å². The summed E-state index contributed by atoms with van der Waals surface area (Å²) in [6.07, 6.45) is 7.83. The smallest absolute Gasteiger partial charge is 0.267 e. The molecular weight excluding hydrogens is 404 g/mol. The fourth-order valence-corrected chi connectivity index (χ4v) is 4.93. The van der Waals surface area contributed by atoms with Gasteiger partial charge in [-0.1, -0.05) is 37.0 Å². The number of thiocarbonyl (C=S) groups is 1. The van der Waals surface area contributed by atoms with Crippen LogP contribution in [0.4, 0.5) is 5.82 Å². The van der Waals surface area contributed by atoms with E-state index in [9.17, 15) is 9.59 Å². The molecule has 0 radical (unpaired) electrons. The van der Waals surface area contributed by atoms with E-state index in [-0.39, 0.29) is 17.5 Å². The van der Waals surface area contributed by atoms with E-state index in [0.717, 1.165) is 37.2 Å². The lowest BCUT2D eigenvalue weighted by molar-refractivity contribution is -0.121. The van der Waals surface area contributed by atoms with Crippen molar-refractivity contribution >= 4 is 51.7 Å². The van der Waals surface area contributed by atoms with Gasteiger partial charge < -0.3 is 5.32 Å². The summed E-state index contributed by atoms with van der Waals surface area (Å²) in [6.45, 7) is 4.21. The van der Waals surface area contributed by atoms with Crippen LogP contribution >= 0.6 is 24.0 Å². The molecule has 4 rings (SSSR count). The lowest BCUT2D eigenvalue weighted by Crippen LogP contribution is -2.29. The monoisotopic (exact) mass is 428 g/mol. The van der Waals surface area contributed by atoms with E-state index in [0.29, 0.717) is 26.3 Å². The zero-order chi connectivity index (χ0) is 20.7. The minimum Gasteiger partial charge on any atom is -0.367 e. The van der Waals surface area contributed by atoms with Crippen LogP contribution in [0.15, 0.2) is 28.0 Å². The van der Waals surface area contributed by atoms with Crippen molar-refractivity contribution in [2.75, 3.05) is 12.4 Å². The molecule has 3 heterocycles. The van der Waals surface area contributed by atoms with E-state index in [1.165, 1.54) is 16.7 Å². The molecule has 0 atom stereocenters. The summed E-state index contributed by atoms with van der Waals surface area (Å²) in [6, 6.07) is 4.06. The van der Waals surface area contributed by atoms with Gasteiger partial charge in [0.25, 0.3) is 11.5 Å². The van der Waals surface area contributed by atoms with E-state index in [4.69, 9.17) is 17.2 Å². The van der Waals surface area contributed by atoms with Crippen LogP contribution in [-0.4, -0.2) is 37.6 Å². The van der Waals surface area contributed by atoms with Crippen LogP contribution < -0.4 is 10.9 Å². The van der Waals surface area contributed by atoms with Gasteiger partial charge in [0, 0.05) is 19.3 Å². The first kappa shape index (κ1) is 20.1. The molecule has 0 bridgehead atoms. The van der Waals surface area contributed by atoms with Crippen LogP contribution in [-0.2, 0) is 4.79 Å². The van der Waals surface area contributed by atoms with E-state index >= 15 is 0 Å². The number of thioether (sulfide) groups is 1. The Morgan fingerprint density at radius 1 is 1.24 bits per heavy atom. The molecule has 2 aromatic rings. The van der Waals surface area contributed by atoms with Gasteiger partial charge in [-0.2, -0.15) is 0 Å². The number of likely N-dealkylation sites (N-methyl/N-ethyl adjacent to an activating group) is 1. The van der Waals surface area contributed by atoms with Gasteiger partial charge in [0.15, 0.2) is 0 Å². The van der Waals surface area contributed by atoms with Crippen LogP contribution in [0.3, 0.4) is 0 Å². The van der Waals surface area contributed by atoms with Gasteiger partial charge in [-0.25, -0.2) is 4.98 Å². The first-order chi connectivity index (χ1) is 13.8. The summed E-state index contributed by atoms with van der Waals surface area (Å²) >= 11 is 6.44. The van der Waals surface area contributed by atoms with Gasteiger partial charge in [0.2, 0.25) is 0 Å². The van der Waals surface area contributed by atoms with Crippen molar-refractivity contribution in [3.8, 4) is 0 Å². The highest BCUT2D eigenvalue weighted by Crippen LogP contribution is 2.32. The molecule has 6 nitrogen and oxygen atoms in total. The Bertz CT molecular complexity index is 1080. The number of carbonyl (C=O) groups excluding carboxylic acids is 1. The number of pyridine rings is 1. The second-order valence-electron chi connectivity index (χ2n) is 7.96. The standard InChI is InChI=1S/C21H24N4O2S2/c1-12-4-7-14(8-5-12)22-18-15(10-16-20(27)24(3)21(28)29-16)19(26)25-11-13(2)6-9-17(25)23-18/h6,9-12,14,22H,4-5,7-8H2,1-3H3/b16-10+. The summed E-state index contributed by atoms with van der Waals surface area (Å²) in [4.78, 5) is 32.4. The number of aromatic nitrogens is 2. The lowest BCUT2D eigenvalue weighted by atomic mass is 9.87. The molecule has 8 heteroatoms. The summed E-state index contributed by atoms with van der Waals surface area (Å²) in [5.41, 5.74) is 1.77. The molecule has 29 heavy (non-hydrogen) atoms. The predicted octanol–water partition coefficient (Wildman–Crippen LogP) is 3.82. The third-order valence-electron chi connectivity index (χ3n) is 5.62. The van der Waals surface area contributed by atoms with Gasteiger partial charge >= 0.3 is 0 Å². The number of nitrogens with one attached hydrogen (secondary N) is 1. The van der Waals surface area contributed by atoms with E-state index in [1.54, 1.807) is 23.7 Å². The maximum absolute atomic E-state index is 13.3. The zero-order valence-corrected chi connectivity index (χ0v) is 18.4. The Morgan fingerprint density at radius 2 is 1.97 bits per heavy atom. The molecule has 1 amide bonds. The Kier molecular flexibility index (Phi) is 5.48. The molecule has 1 saturated heterocycles. The summed E-state index contributed by atoms with van der Waals surface area (Å²) in [5.74, 6) is 1.09. The minimum absolute atomic E-state index is 0.188. The minimum atomic E-state index is -0.189. The number of fused-ring (bicyclic) bond motifs is 1. The average Bonchev–Trinajstić information content (AvgIpc) is 2.94. The molecule has 1 N–H and O–H groups in total. The van der Waals surface area contributed by atoms with Crippen LogP contribution in [0.2, 0.25) is 0 Å². The van der Waals surface area contributed by atoms with Crippen LogP contribution in [0, 0.1) is 12.8 Å². The SMILES string of the molecule is Cc1ccc2nc(NC3CCC(C)CC3)c(/C=C3/SC(=S)N(C)C3=O)c(=O)n2c1. The highest BCUT2D eigenvalue weighted by atomic mass is 32.2. The summed E-state index contributed by atoms with van der Waals surface area (Å²) in [7, 11) is 1.65. The molecular formula is C21H24N4O2S2. The summed E-state index contributed by atoms with van der Waals surface area (Å²) < 4.78 is 2.03. The van der Waals surface area contributed by atoms with Crippen molar-refractivity contribution in [1.29, 1.82) is 0 Å². The highest BCUT2D eigenvalue weighted by molar-refractivity contribution is 8.26. The van der Waals surface area contributed by atoms with E-state index in [2.05, 4.69) is 12.2 Å². The van der Waals surface area contributed by atoms with Gasteiger partial charge in [-0.15, -0.1) is 0 Å². The Labute approximate surface area is 179 Å². The number of hydrogen-bond donors (Lipinski definition) is 1. The number of anilines is 1. The maximum atomic E-state index is 13.3. The molecule has 152 valence electrons. The van der Waals surface area contributed by atoms with Gasteiger partial charge in [-0.05, 0) is 56.2 Å². The van der Waals surface area contributed by atoms with Crippen LogP contribution in [0.5, 0.6) is 0 Å².